The Hall–Kier alpha value is -5.29. The molecule has 0 amide bonds. The molecule has 3 heterocycles. The number of para-hydroxylation sites is 3. The lowest BCUT2D eigenvalue weighted by atomic mass is 9.85. The number of hydrogen-bond acceptors (Lipinski definition) is 3. The van der Waals surface area contributed by atoms with Crippen LogP contribution in [0, 0.1) is 0 Å². The zero-order valence-corrected chi connectivity index (χ0v) is 23.0. The predicted molar refractivity (Wildman–Crippen MR) is 171 cm³/mol. The number of rotatable bonds is 4. The van der Waals surface area contributed by atoms with Crippen LogP contribution in [-0.2, 0) is 0 Å². The first-order chi connectivity index (χ1) is 20.8. The maximum Gasteiger partial charge on any atom is 0.238 e. The molecule has 0 atom stereocenters. The van der Waals surface area contributed by atoms with E-state index in [1.54, 1.807) is 0 Å². The molecule has 42 heavy (non-hydrogen) atoms. The van der Waals surface area contributed by atoms with E-state index < -0.39 is 0 Å². The summed E-state index contributed by atoms with van der Waals surface area (Å²) in [5.41, 5.74) is 6.67. The molecule has 1 aliphatic rings. The molecule has 5 nitrogen and oxygen atoms in total. The van der Waals surface area contributed by atoms with Gasteiger partial charge < -0.3 is 4.57 Å². The molecule has 0 unspecified atom stereocenters. The third-order valence-corrected chi connectivity index (χ3v) is 8.83. The Bertz CT molecular complexity index is 2280. The molecule has 1 aliphatic carbocycles. The minimum absolute atomic E-state index is 0.373. The quantitative estimate of drug-likeness (QED) is 0.223. The summed E-state index contributed by atoms with van der Waals surface area (Å²) in [4.78, 5) is 15.4. The molecule has 0 bridgehead atoms. The van der Waals surface area contributed by atoms with Crippen LogP contribution in [0.5, 0.6) is 0 Å². The normalized spacial score (nSPS) is 13.8. The second-order valence-corrected chi connectivity index (χ2v) is 11.2. The van der Waals surface area contributed by atoms with E-state index in [2.05, 4.69) is 112 Å². The van der Waals surface area contributed by atoms with Gasteiger partial charge in [-0.15, -0.1) is 0 Å². The van der Waals surface area contributed by atoms with Crippen molar-refractivity contribution in [2.24, 2.45) is 0 Å². The average Bonchev–Trinajstić information content (AvgIpc) is 3.54. The molecular formula is C37H27N5. The summed E-state index contributed by atoms with van der Waals surface area (Å²) in [5, 5.41) is 4.81. The third kappa shape index (κ3) is 3.40. The van der Waals surface area contributed by atoms with Crippen LogP contribution in [0.3, 0.4) is 0 Å². The zero-order valence-electron chi connectivity index (χ0n) is 23.0. The fourth-order valence-corrected chi connectivity index (χ4v) is 6.60. The van der Waals surface area contributed by atoms with Gasteiger partial charge in [0.15, 0.2) is 5.82 Å². The van der Waals surface area contributed by atoms with Crippen molar-refractivity contribution in [3.05, 3.63) is 127 Å². The molecular weight excluding hydrogens is 514 g/mol. The van der Waals surface area contributed by atoms with Gasteiger partial charge in [-0.05, 0) is 37.1 Å². The van der Waals surface area contributed by atoms with E-state index in [0.29, 0.717) is 11.9 Å². The maximum atomic E-state index is 5.22. The maximum absolute atomic E-state index is 5.22. The van der Waals surface area contributed by atoms with Crippen LogP contribution in [0.2, 0.25) is 0 Å². The second-order valence-electron chi connectivity index (χ2n) is 11.2. The van der Waals surface area contributed by atoms with Crippen molar-refractivity contribution in [3.8, 4) is 23.0 Å². The summed E-state index contributed by atoms with van der Waals surface area (Å²) in [7, 11) is 0. The van der Waals surface area contributed by atoms with E-state index in [0.717, 1.165) is 52.3 Å². The van der Waals surface area contributed by atoms with Crippen molar-refractivity contribution in [3.63, 3.8) is 0 Å². The van der Waals surface area contributed by atoms with Gasteiger partial charge in [0.25, 0.3) is 0 Å². The Morgan fingerprint density at radius 2 is 1.07 bits per heavy atom. The van der Waals surface area contributed by atoms with Gasteiger partial charge in [0.05, 0.1) is 22.1 Å². The SMILES string of the molecule is c1ccc(-c2nc(C3CCC3)nc(-n3c4ccccc4c4ccc5c6ccccc6n(-c6ccccc6)c5c43)n2)cc1. The summed E-state index contributed by atoms with van der Waals surface area (Å²) in [5.74, 6) is 2.67. The van der Waals surface area contributed by atoms with Crippen LogP contribution >= 0.6 is 0 Å². The number of aromatic nitrogens is 5. The summed E-state index contributed by atoms with van der Waals surface area (Å²) < 4.78 is 4.68. The van der Waals surface area contributed by atoms with Gasteiger partial charge in [-0.25, -0.2) is 4.98 Å². The highest BCUT2D eigenvalue weighted by atomic mass is 15.2. The topological polar surface area (TPSA) is 48.5 Å². The molecule has 5 heteroatoms. The van der Waals surface area contributed by atoms with Gasteiger partial charge in [0.1, 0.15) is 5.82 Å². The number of nitrogens with zero attached hydrogens (tertiary/aromatic N) is 5. The van der Waals surface area contributed by atoms with E-state index in [1.165, 1.54) is 33.5 Å². The fraction of sp³-hybridized carbons (Fsp3) is 0.108. The lowest BCUT2D eigenvalue weighted by Crippen LogP contribution is -2.16. The van der Waals surface area contributed by atoms with E-state index in [-0.39, 0.29) is 0 Å². The second kappa shape index (κ2) is 9.11. The highest BCUT2D eigenvalue weighted by Gasteiger charge is 2.27. The first-order valence-corrected chi connectivity index (χ1v) is 14.7. The van der Waals surface area contributed by atoms with Crippen LogP contribution in [0.4, 0.5) is 0 Å². The Morgan fingerprint density at radius 1 is 0.500 bits per heavy atom. The molecule has 9 rings (SSSR count). The molecule has 0 radical (unpaired) electrons. The van der Waals surface area contributed by atoms with Crippen molar-refractivity contribution in [1.82, 2.24) is 24.1 Å². The van der Waals surface area contributed by atoms with Crippen molar-refractivity contribution in [2.45, 2.75) is 25.2 Å². The molecule has 0 saturated heterocycles. The van der Waals surface area contributed by atoms with Crippen molar-refractivity contribution >= 4 is 43.6 Å². The summed E-state index contributed by atoms with van der Waals surface area (Å²) in [6, 6.07) is 42.8. The van der Waals surface area contributed by atoms with E-state index >= 15 is 0 Å². The average molecular weight is 542 g/mol. The largest absolute Gasteiger partial charge is 0.307 e. The molecule has 0 aliphatic heterocycles. The number of fused-ring (bicyclic) bond motifs is 7. The van der Waals surface area contributed by atoms with Crippen LogP contribution in [0.15, 0.2) is 121 Å². The number of hydrogen-bond donors (Lipinski definition) is 0. The Labute approximate surface area is 242 Å². The molecule has 0 N–H and O–H groups in total. The zero-order chi connectivity index (χ0) is 27.6. The van der Waals surface area contributed by atoms with Crippen molar-refractivity contribution in [1.29, 1.82) is 0 Å². The summed E-state index contributed by atoms with van der Waals surface area (Å²) in [6.07, 6.45) is 3.47. The Kier molecular flexibility index (Phi) is 5.08. The highest BCUT2D eigenvalue weighted by molar-refractivity contribution is 6.23. The lowest BCUT2D eigenvalue weighted by molar-refractivity contribution is 0.400. The van der Waals surface area contributed by atoms with E-state index in [9.17, 15) is 0 Å². The lowest BCUT2D eigenvalue weighted by Gasteiger charge is -2.24. The Balaban J connectivity index is 1.47. The highest BCUT2D eigenvalue weighted by Crippen LogP contribution is 2.42. The van der Waals surface area contributed by atoms with Gasteiger partial charge in [-0.2, -0.15) is 9.97 Å². The first kappa shape index (κ1) is 23.4. The van der Waals surface area contributed by atoms with Gasteiger partial charge in [0.2, 0.25) is 5.95 Å². The molecule has 1 fully saturated rings. The van der Waals surface area contributed by atoms with Gasteiger partial charge in [0, 0.05) is 38.7 Å². The summed E-state index contributed by atoms with van der Waals surface area (Å²) >= 11 is 0. The minimum atomic E-state index is 0.373. The molecule has 1 saturated carbocycles. The fourth-order valence-electron chi connectivity index (χ4n) is 6.60. The molecule has 5 aromatic carbocycles. The minimum Gasteiger partial charge on any atom is -0.307 e. The van der Waals surface area contributed by atoms with Gasteiger partial charge in [-0.3, -0.25) is 4.57 Å². The van der Waals surface area contributed by atoms with Crippen LogP contribution < -0.4 is 0 Å². The first-order valence-electron chi connectivity index (χ1n) is 14.7. The standard InChI is InChI=1S/C37H27N5/c1-3-12-24(13-4-1)35-38-36(25-14-11-15-25)40-37(39-35)42-32-21-10-8-19-28(32)30-23-22-29-27-18-7-9-20-31(27)41(33(29)34(30)42)26-16-5-2-6-17-26/h1-10,12-13,16-23,25H,11,14-15H2. The third-order valence-electron chi connectivity index (χ3n) is 8.83. The van der Waals surface area contributed by atoms with Crippen LogP contribution in [-0.4, -0.2) is 24.1 Å². The van der Waals surface area contributed by atoms with Crippen LogP contribution in [0.25, 0.3) is 66.6 Å². The molecule has 200 valence electrons. The molecule has 8 aromatic rings. The summed E-state index contributed by atoms with van der Waals surface area (Å²) in [6.45, 7) is 0. The molecule has 0 spiro atoms. The monoisotopic (exact) mass is 541 g/mol. The van der Waals surface area contributed by atoms with E-state index in [4.69, 9.17) is 15.0 Å². The number of benzene rings is 5. The van der Waals surface area contributed by atoms with Crippen LogP contribution in [0.1, 0.15) is 31.0 Å². The molecule has 3 aromatic heterocycles. The Morgan fingerprint density at radius 3 is 1.71 bits per heavy atom. The van der Waals surface area contributed by atoms with Crippen molar-refractivity contribution in [2.75, 3.05) is 0 Å². The van der Waals surface area contributed by atoms with Crippen molar-refractivity contribution < 1.29 is 0 Å². The van der Waals surface area contributed by atoms with Gasteiger partial charge >= 0.3 is 0 Å². The predicted octanol–water partition coefficient (Wildman–Crippen LogP) is 9.00. The van der Waals surface area contributed by atoms with Gasteiger partial charge in [-0.1, -0.05) is 103 Å². The smallest absolute Gasteiger partial charge is 0.238 e. The van der Waals surface area contributed by atoms with E-state index in [1.807, 2.05) is 18.2 Å².